The van der Waals surface area contributed by atoms with Gasteiger partial charge in [-0.3, -0.25) is 10.7 Å². The largest absolute Gasteiger partial charge is 0.396 e. The van der Waals surface area contributed by atoms with Gasteiger partial charge in [-0.2, -0.15) is 23.5 Å². The highest BCUT2D eigenvalue weighted by Crippen LogP contribution is 2.40. The molecule has 35 nitrogen and oxygen atoms in total. The third kappa shape index (κ3) is 15.4. The van der Waals surface area contributed by atoms with Crippen molar-refractivity contribution < 1.29 is 164 Å². The summed E-state index contributed by atoms with van der Waals surface area (Å²) in [4.78, 5) is 2.94. The van der Waals surface area contributed by atoms with Gasteiger partial charge in [-0.1, -0.05) is 0 Å². The molecule has 1 aliphatic carbocycles. The lowest BCUT2D eigenvalue weighted by Gasteiger charge is -2.50. The zero-order chi connectivity index (χ0) is 62.6. The van der Waals surface area contributed by atoms with Crippen LogP contribution in [0.4, 0.5) is 0 Å². The van der Waals surface area contributed by atoms with Gasteiger partial charge in [-0.05, 0) is 6.42 Å². The number of rotatable bonds is 14. The molecule has 20 aliphatic heterocycles. The molecule has 1 saturated carbocycles. The quantitative estimate of drug-likeness (QED) is 0.0436. The van der Waals surface area contributed by atoms with Crippen molar-refractivity contribution in [3.05, 3.63) is 0 Å². The summed E-state index contributed by atoms with van der Waals surface area (Å²) in [5.74, 6) is -0.274. The monoisotopic (exact) mass is 1290 g/mol. The second kappa shape index (κ2) is 31.7. The smallest absolute Gasteiger partial charge is 0.237 e. The van der Waals surface area contributed by atoms with Crippen LogP contribution in [0.2, 0.25) is 0 Å². The molecule has 21 fully saturated rings. The van der Waals surface area contributed by atoms with Gasteiger partial charge < -0.3 is 164 Å². The number of amidine groups is 1. The number of ether oxygens (including phenoxy) is 13. The lowest BCUT2D eigenvalue weighted by Crippen LogP contribution is -2.75. The molecule has 20 saturated heterocycles. The normalized spacial score (nSPS) is 51.0. The third-order valence-electron chi connectivity index (χ3n) is 16.4. The minimum Gasteiger partial charge on any atom is -0.396 e. The minimum atomic E-state index is -2.18. The second-order valence-corrected chi connectivity index (χ2v) is 24.6. The fourth-order valence-electron chi connectivity index (χ4n) is 11.7. The molecular formula is C49H86N3O32S2+. The molecule has 24 N–H and O–H groups in total. The van der Waals surface area contributed by atoms with Crippen LogP contribution in [0, 0.1) is 5.92 Å². The summed E-state index contributed by atoms with van der Waals surface area (Å²) in [7, 11) is 0. The Labute approximate surface area is 500 Å². The van der Waals surface area contributed by atoms with Crippen molar-refractivity contribution in [2.75, 3.05) is 69.1 Å². The number of nitrogens with one attached hydrogen (secondary N) is 1. The van der Waals surface area contributed by atoms with E-state index in [0.29, 0.717) is 23.9 Å². The van der Waals surface area contributed by atoms with Crippen LogP contribution in [-0.4, -0.2) is 381 Å². The molecule has 20 heterocycles. The SMILES string of the molecule is CC(N)=[NH+]CCSCC1OC2OC3C(CO)OC(OC4C(CO)OC(OC5C(CO)OC(OC6C(CSCCN)OC(OC7C(CO)CC(OC8C(CO)OC(OC1C(O)C2O)C(O)C8O)C(O)C7O)C(O)C6O)C(O)C5O)C(O)C4O)C(O)C3O. The van der Waals surface area contributed by atoms with Crippen LogP contribution in [0.1, 0.15) is 13.3 Å². The molecule has 21 aliphatic rings. The van der Waals surface area contributed by atoms with Crippen LogP contribution in [0.25, 0.3) is 0 Å². The average Bonchev–Trinajstić information content (AvgIpc) is 1.04. The highest BCUT2D eigenvalue weighted by Gasteiger charge is 2.59. The Kier molecular flexibility index (Phi) is 26.0. The predicted molar refractivity (Wildman–Crippen MR) is 282 cm³/mol. The van der Waals surface area contributed by atoms with E-state index in [0.717, 1.165) is 0 Å². The zero-order valence-corrected chi connectivity index (χ0v) is 48.1. The summed E-state index contributed by atoms with van der Waals surface area (Å²) < 4.78 is 77.4. The maximum absolute atomic E-state index is 11.8. The Balaban J connectivity index is 1.10. The Morgan fingerprint density at radius 3 is 0.942 bits per heavy atom. The first-order chi connectivity index (χ1) is 41.0. The Bertz CT molecular complexity index is 2090. The topological polar surface area (TPSA) is 570 Å². The van der Waals surface area contributed by atoms with E-state index in [1.165, 1.54) is 23.5 Å². The molecular weight excluding hydrogens is 1210 g/mol. The van der Waals surface area contributed by atoms with Crippen molar-refractivity contribution in [1.29, 1.82) is 0 Å². The molecule has 500 valence electrons. The molecule has 21 rings (SSSR count). The van der Waals surface area contributed by atoms with Crippen molar-refractivity contribution in [3.8, 4) is 0 Å². The lowest BCUT2D eigenvalue weighted by molar-refractivity contribution is -0.452. The number of nitrogens with two attached hydrogens (primary N) is 2. The molecule has 14 bridgehead atoms. The van der Waals surface area contributed by atoms with Crippen LogP contribution < -0.4 is 16.5 Å². The standard InChI is InChI=1S/C49H85N3O32S2/c1-14(51)52-3-5-86-13-22-43-30(65)36(71)49(78-22)82-41-20(11-57)75-45(33(68)27(41)62)80-39-18(9-55)74-44(32(67)26(39)61)81-40-19(10-56)76-47(34(69)28(40)63)83-42-21(12-85-4-2-50)77-48(35(70)29(42)64)79-37-15(7-53)6-16(23(58)24(37)59)72-38-17(8-54)73-46(84-43)31(66)25(38)60/h15-49,53-71H,2-13,50H2,1H3,(H2,51,52)/p+1. The van der Waals surface area contributed by atoms with E-state index in [9.17, 15) is 97.0 Å². The molecule has 0 aromatic carbocycles. The van der Waals surface area contributed by atoms with Crippen molar-refractivity contribution in [1.82, 2.24) is 0 Å². The van der Waals surface area contributed by atoms with Gasteiger partial charge in [0.25, 0.3) is 0 Å². The van der Waals surface area contributed by atoms with Crippen molar-refractivity contribution in [2.24, 2.45) is 17.4 Å². The van der Waals surface area contributed by atoms with Crippen LogP contribution >= 0.6 is 23.5 Å². The summed E-state index contributed by atoms with van der Waals surface area (Å²) in [5.41, 5.74) is 11.5. The van der Waals surface area contributed by atoms with Crippen LogP contribution in [0.3, 0.4) is 0 Å². The van der Waals surface area contributed by atoms with Crippen molar-refractivity contribution in [3.63, 3.8) is 0 Å². The van der Waals surface area contributed by atoms with Gasteiger partial charge in [0, 0.05) is 49.0 Å². The Morgan fingerprint density at radius 1 is 0.360 bits per heavy atom. The number of aliphatic hydroxyl groups is 19. The van der Waals surface area contributed by atoms with Crippen LogP contribution in [0.15, 0.2) is 0 Å². The van der Waals surface area contributed by atoms with E-state index >= 15 is 0 Å². The van der Waals surface area contributed by atoms with Gasteiger partial charge in [0.2, 0.25) is 5.84 Å². The van der Waals surface area contributed by atoms with Crippen molar-refractivity contribution in [2.45, 2.75) is 222 Å². The average molecular weight is 1290 g/mol. The number of hydrogen-bond donors (Lipinski definition) is 22. The first-order valence-electron chi connectivity index (χ1n) is 28.3. The Morgan fingerprint density at radius 2 is 0.640 bits per heavy atom. The number of aliphatic hydroxyl groups excluding tert-OH is 19. The molecule has 0 aromatic rings. The van der Waals surface area contributed by atoms with E-state index in [1.54, 1.807) is 6.92 Å². The summed E-state index contributed by atoms with van der Waals surface area (Å²) in [6, 6.07) is 0. The number of thioether (sulfide) groups is 2. The Hall–Kier alpha value is -1.15. The molecule has 0 radical (unpaired) electrons. The summed E-state index contributed by atoms with van der Waals surface area (Å²) in [6.45, 7) is -2.63. The second-order valence-electron chi connectivity index (χ2n) is 22.3. The van der Waals surface area contributed by atoms with Gasteiger partial charge in [0.05, 0.1) is 57.4 Å². The van der Waals surface area contributed by atoms with E-state index in [2.05, 4.69) is 4.99 Å². The van der Waals surface area contributed by atoms with Gasteiger partial charge in [0.15, 0.2) is 37.7 Å². The molecule has 37 heteroatoms. The summed E-state index contributed by atoms with van der Waals surface area (Å²) >= 11 is 2.39. The molecule has 86 heavy (non-hydrogen) atoms. The fraction of sp³-hybridized carbons (Fsp3) is 0.980. The minimum absolute atomic E-state index is 0.0699. The van der Waals surface area contributed by atoms with Crippen LogP contribution in [-0.2, 0) is 61.6 Å². The summed E-state index contributed by atoms with van der Waals surface area (Å²) in [6.07, 6.45) is -64.3. The molecule has 0 amide bonds. The third-order valence-corrected chi connectivity index (χ3v) is 18.6. The lowest BCUT2D eigenvalue weighted by atomic mass is 9.80. The molecule has 0 aromatic heterocycles. The maximum Gasteiger partial charge on any atom is 0.237 e. The predicted octanol–water partition coefficient (Wildman–Crippen LogP) is -14.7. The van der Waals surface area contributed by atoms with Crippen LogP contribution in [0.5, 0.6) is 0 Å². The van der Waals surface area contributed by atoms with E-state index in [4.69, 9.17) is 73.0 Å². The summed E-state index contributed by atoms with van der Waals surface area (Å²) in [5, 5.41) is 215. The van der Waals surface area contributed by atoms with Gasteiger partial charge in [-0.25, -0.2) is 0 Å². The fourth-order valence-corrected chi connectivity index (χ4v) is 13.4. The molecule has 0 spiro atoms. The highest BCUT2D eigenvalue weighted by molar-refractivity contribution is 7.99. The maximum atomic E-state index is 11.8. The zero-order valence-electron chi connectivity index (χ0n) is 46.5. The highest BCUT2D eigenvalue weighted by atomic mass is 32.2. The van der Waals surface area contributed by atoms with E-state index < -0.39 is 248 Å². The first-order valence-corrected chi connectivity index (χ1v) is 30.6. The van der Waals surface area contributed by atoms with E-state index in [-0.39, 0.29) is 24.5 Å². The van der Waals surface area contributed by atoms with Gasteiger partial charge in [-0.15, -0.1) is 0 Å². The van der Waals surface area contributed by atoms with Gasteiger partial charge >= 0.3 is 0 Å². The number of hydrogen-bond acceptors (Lipinski definition) is 35. The molecule has 35 unspecified atom stereocenters. The van der Waals surface area contributed by atoms with Crippen molar-refractivity contribution >= 4 is 29.4 Å². The van der Waals surface area contributed by atoms with Gasteiger partial charge in [0.1, 0.15) is 146 Å². The first kappa shape index (κ1) is 70.7. The van der Waals surface area contributed by atoms with E-state index in [1.807, 2.05) is 0 Å². The molecule has 35 atom stereocenters.